The van der Waals surface area contributed by atoms with Crippen molar-refractivity contribution < 1.29 is 18.8 Å². The third-order valence-corrected chi connectivity index (χ3v) is 5.38. The Labute approximate surface area is 161 Å². The number of benzene rings is 2. The fourth-order valence-electron chi connectivity index (χ4n) is 3.87. The summed E-state index contributed by atoms with van der Waals surface area (Å²) in [5, 5.41) is 10.8. The van der Waals surface area contributed by atoms with Gasteiger partial charge in [0.25, 0.3) is 5.69 Å². The summed E-state index contributed by atoms with van der Waals surface area (Å²) in [7, 11) is 0. The molecule has 3 aliphatic rings. The van der Waals surface area contributed by atoms with E-state index < -0.39 is 17.0 Å². The molecule has 0 aliphatic carbocycles. The molecule has 144 valence electrons. The van der Waals surface area contributed by atoms with Crippen LogP contribution in [-0.2, 0) is 4.74 Å². The molecule has 0 aromatic heterocycles. The van der Waals surface area contributed by atoms with E-state index in [0.717, 1.165) is 31.6 Å². The van der Waals surface area contributed by atoms with Crippen molar-refractivity contribution in [3.8, 4) is 0 Å². The smallest absolute Gasteiger partial charge is 0.338 e. The number of fused-ring (bicyclic) bond motifs is 3. The molecule has 3 aliphatic heterocycles. The van der Waals surface area contributed by atoms with Gasteiger partial charge in [0.2, 0.25) is 0 Å². The van der Waals surface area contributed by atoms with Gasteiger partial charge in [-0.1, -0.05) is 18.2 Å². The van der Waals surface area contributed by atoms with Gasteiger partial charge >= 0.3 is 5.97 Å². The minimum atomic E-state index is -0.534. The summed E-state index contributed by atoms with van der Waals surface area (Å²) in [5.74, 6) is -0.670. The average molecular weight is 382 g/mol. The number of ether oxygens (including phenoxy) is 1. The van der Waals surface area contributed by atoms with Crippen LogP contribution in [0.2, 0.25) is 0 Å². The van der Waals surface area contributed by atoms with Crippen molar-refractivity contribution in [3.63, 3.8) is 0 Å². The van der Waals surface area contributed by atoms with Crippen LogP contribution in [0.15, 0.2) is 54.2 Å². The molecule has 0 amide bonds. The fourth-order valence-corrected chi connectivity index (χ4v) is 3.87. The van der Waals surface area contributed by atoms with E-state index in [1.165, 1.54) is 30.3 Å². The van der Waals surface area contributed by atoms with Gasteiger partial charge in [0.1, 0.15) is 11.9 Å². The van der Waals surface area contributed by atoms with E-state index in [1.807, 2.05) is 0 Å². The van der Waals surface area contributed by atoms with Crippen LogP contribution < -0.4 is 0 Å². The van der Waals surface area contributed by atoms with Crippen molar-refractivity contribution in [2.75, 3.05) is 13.1 Å². The van der Waals surface area contributed by atoms with Crippen LogP contribution in [0.4, 0.5) is 10.1 Å². The predicted octanol–water partition coefficient (Wildman–Crippen LogP) is 4.03. The van der Waals surface area contributed by atoms with Crippen molar-refractivity contribution in [2.45, 2.75) is 18.9 Å². The number of hydrogen-bond donors (Lipinski definition) is 0. The maximum absolute atomic E-state index is 14.1. The lowest BCUT2D eigenvalue weighted by atomic mass is 9.82. The number of carbonyl (C=O) groups is 1. The summed E-state index contributed by atoms with van der Waals surface area (Å²) in [4.78, 5) is 25.0. The first-order valence-corrected chi connectivity index (χ1v) is 9.19. The maximum Gasteiger partial charge on any atom is 0.338 e. The van der Waals surface area contributed by atoms with Gasteiger partial charge in [0.05, 0.1) is 16.2 Å². The number of esters is 1. The van der Waals surface area contributed by atoms with E-state index in [-0.39, 0.29) is 23.0 Å². The second kappa shape index (κ2) is 7.42. The monoisotopic (exact) mass is 382 g/mol. The van der Waals surface area contributed by atoms with Gasteiger partial charge in [-0.15, -0.1) is 0 Å². The number of nitrogens with zero attached hydrogens (tertiary/aromatic N) is 2. The Hall–Kier alpha value is -3.22. The van der Waals surface area contributed by atoms with Crippen LogP contribution in [0.25, 0.3) is 6.08 Å². The van der Waals surface area contributed by atoms with Crippen molar-refractivity contribution >= 4 is 17.7 Å². The number of nitro groups is 1. The standard InChI is InChI=1S/C21H19FN2O4/c22-18-4-2-1-3-16(18)13-19-20(14-9-11-23(19)12-10-14)28-21(25)15-5-7-17(8-6-15)24(26)27/h1-8,13-14,20H,9-12H2/b19-13+. The Bertz CT molecular complexity index is 934. The zero-order valence-electron chi connectivity index (χ0n) is 15.1. The van der Waals surface area contributed by atoms with Crippen molar-refractivity contribution in [3.05, 3.63) is 81.3 Å². The molecule has 0 N–H and O–H groups in total. The summed E-state index contributed by atoms with van der Waals surface area (Å²) in [5.41, 5.74) is 1.44. The molecular formula is C21H19FN2O4. The summed E-state index contributed by atoms with van der Waals surface area (Å²) in [6.07, 6.45) is 3.12. The van der Waals surface area contributed by atoms with Crippen molar-refractivity contribution in [2.24, 2.45) is 5.92 Å². The second-order valence-corrected chi connectivity index (χ2v) is 7.05. The van der Waals surface area contributed by atoms with Gasteiger partial charge in [-0.3, -0.25) is 10.1 Å². The van der Waals surface area contributed by atoms with Crippen molar-refractivity contribution in [1.82, 2.24) is 4.90 Å². The maximum atomic E-state index is 14.1. The molecule has 0 spiro atoms. The lowest BCUT2D eigenvalue weighted by molar-refractivity contribution is -0.384. The molecule has 3 heterocycles. The molecule has 2 aromatic carbocycles. The highest BCUT2D eigenvalue weighted by Gasteiger charge is 2.40. The minimum absolute atomic E-state index is 0.0838. The number of nitro benzene ring substituents is 1. The molecular weight excluding hydrogens is 363 g/mol. The Balaban J connectivity index is 1.60. The molecule has 5 rings (SSSR count). The third-order valence-electron chi connectivity index (χ3n) is 5.38. The quantitative estimate of drug-likeness (QED) is 0.454. The molecule has 1 unspecified atom stereocenters. The SMILES string of the molecule is O=C(OC1/C(=C\c2ccccc2F)N2CCC1CC2)c1ccc([N+](=O)[O-])cc1. The van der Waals surface area contributed by atoms with Crippen LogP contribution in [-0.4, -0.2) is 35.0 Å². The Kier molecular flexibility index (Phi) is 4.81. The summed E-state index contributed by atoms with van der Waals surface area (Å²) in [6.45, 7) is 1.72. The highest BCUT2D eigenvalue weighted by molar-refractivity contribution is 5.90. The average Bonchev–Trinajstić information content (AvgIpc) is 2.72. The number of hydrogen-bond acceptors (Lipinski definition) is 5. The number of halogens is 1. The van der Waals surface area contributed by atoms with E-state index >= 15 is 0 Å². The van der Waals surface area contributed by atoms with Gasteiger partial charge in [-0.2, -0.15) is 0 Å². The zero-order chi connectivity index (χ0) is 19.7. The van der Waals surface area contributed by atoms with E-state index in [1.54, 1.807) is 24.3 Å². The van der Waals surface area contributed by atoms with Crippen LogP contribution in [0.5, 0.6) is 0 Å². The topological polar surface area (TPSA) is 72.7 Å². The minimum Gasteiger partial charge on any atom is -0.452 e. The lowest BCUT2D eigenvalue weighted by Crippen LogP contribution is -2.50. The zero-order valence-corrected chi connectivity index (χ0v) is 15.1. The number of rotatable bonds is 4. The van der Waals surface area contributed by atoms with Gasteiger partial charge in [-0.05, 0) is 37.1 Å². The molecule has 2 aromatic rings. The lowest BCUT2D eigenvalue weighted by Gasteiger charge is -2.47. The van der Waals surface area contributed by atoms with Crippen LogP contribution in [0, 0.1) is 21.8 Å². The second-order valence-electron chi connectivity index (χ2n) is 7.05. The summed E-state index contributed by atoms with van der Waals surface area (Å²) < 4.78 is 19.9. The molecule has 3 saturated heterocycles. The fraction of sp³-hybridized carbons (Fsp3) is 0.286. The first-order valence-electron chi connectivity index (χ1n) is 9.19. The Morgan fingerprint density at radius 2 is 1.82 bits per heavy atom. The highest BCUT2D eigenvalue weighted by atomic mass is 19.1. The number of piperidine rings is 3. The molecule has 0 saturated carbocycles. The number of carbonyl (C=O) groups excluding carboxylic acids is 1. The Morgan fingerprint density at radius 1 is 1.14 bits per heavy atom. The Morgan fingerprint density at radius 3 is 2.46 bits per heavy atom. The van der Waals surface area contributed by atoms with E-state index in [4.69, 9.17) is 4.74 Å². The largest absolute Gasteiger partial charge is 0.452 e. The van der Waals surface area contributed by atoms with E-state index in [9.17, 15) is 19.3 Å². The molecule has 3 fully saturated rings. The molecule has 28 heavy (non-hydrogen) atoms. The normalized spacial score (nSPS) is 22.3. The third kappa shape index (κ3) is 3.47. The van der Waals surface area contributed by atoms with Gasteiger partial charge in [-0.25, -0.2) is 9.18 Å². The first kappa shape index (κ1) is 18.2. The molecule has 1 atom stereocenters. The van der Waals surface area contributed by atoms with Crippen molar-refractivity contribution in [1.29, 1.82) is 0 Å². The van der Waals surface area contributed by atoms with Crippen LogP contribution >= 0.6 is 0 Å². The van der Waals surface area contributed by atoms with Gasteiger partial charge in [0.15, 0.2) is 0 Å². The van der Waals surface area contributed by atoms with E-state index in [2.05, 4.69) is 4.90 Å². The van der Waals surface area contributed by atoms with Crippen LogP contribution in [0.3, 0.4) is 0 Å². The summed E-state index contributed by atoms with van der Waals surface area (Å²) >= 11 is 0. The van der Waals surface area contributed by atoms with Gasteiger partial charge < -0.3 is 9.64 Å². The van der Waals surface area contributed by atoms with Gasteiger partial charge in [0, 0.05) is 36.7 Å². The molecule has 7 heteroatoms. The predicted molar refractivity (Wildman–Crippen MR) is 101 cm³/mol. The van der Waals surface area contributed by atoms with Crippen LogP contribution in [0.1, 0.15) is 28.8 Å². The number of non-ortho nitro benzene ring substituents is 1. The molecule has 6 nitrogen and oxygen atoms in total. The highest BCUT2D eigenvalue weighted by Crippen LogP contribution is 2.38. The summed E-state index contributed by atoms with van der Waals surface area (Å²) in [6, 6.07) is 11.8. The first-order chi connectivity index (χ1) is 13.5. The van der Waals surface area contributed by atoms with E-state index in [0.29, 0.717) is 5.56 Å². The molecule has 2 bridgehead atoms. The molecule has 0 radical (unpaired) electrons.